The van der Waals surface area contributed by atoms with E-state index in [9.17, 15) is 38.7 Å². The fourth-order valence-corrected chi connectivity index (χ4v) is 3.96. The summed E-state index contributed by atoms with van der Waals surface area (Å²) in [6.45, 7) is 10.5. The smallest absolute Gasteiger partial charge is 0.322 e. The Morgan fingerprint density at radius 1 is 0.421 bits per heavy atom. The number of carbonyl (C=O) groups excluding carboxylic acids is 7. The second-order valence-electron chi connectivity index (χ2n) is 16.1. The summed E-state index contributed by atoms with van der Waals surface area (Å²) in [5, 5.41) is 18.5. The maximum absolute atomic E-state index is 13.8. The third-order valence-electron chi connectivity index (χ3n) is 7.53. The van der Waals surface area contributed by atoms with Gasteiger partial charge in [-0.1, -0.05) is 63.7 Å². The van der Waals surface area contributed by atoms with Crippen LogP contribution in [-0.2, 0) is 71.5 Å². The summed E-state index contributed by atoms with van der Waals surface area (Å²) in [5.74, 6) is -6.19. The highest BCUT2D eigenvalue weighted by Gasteiger charge is 2.47. The molecular formula is C36H56Br4O17. The van der Waals surface area contributed by atoms with Crippen LogP contribution < -0.4 is 0 Å². The van der Waals surface area contributed by atoms with E-state index in [0.29, 0.717) is 0 Å². The quantitative estimate of drug-likeness (QED) is 0.0572. The first kappa shape index (κ1) is 55.1. The molecule has 0 radical (unpaired) electrons. The van der Waals surface area contributed by atoms with Crippen molar-refractivity contribution < 1.29 is 81.7 Å². The Labute approximate surface area is 367 Å². The summed E-state index contributed by atoms with van der Waals surface area (Å²) in [4.78, 5) is 91.5. The van der Waals surface area contributed by atoms with E-state index in [1.54, 1.807) is 0 Å². The Bertz CT molecular complexity index is 1260. The molecule has 0 rings (SSSR count). The third kappa shape index (κ3) is 19.8. The lowest BCUT2D eigenvalue weighted by Crippen LogP contribution is -2.47. The lowest BCUT2D eigenvalue weighted by Gasteiger charge is -2.33. The number of aliphatic hydroxyl groups is 2. The van der Waals surface area contributed by atoms with Gasteiger partial charge in [0.25, 0.3) is 0 Å². The molecule has 0 aromatic heterocycles. The number of alkyl halides is 4. The Hall–Kier alpha value is -1.91. The van der Waals surface area contributed by atoms with Crippen molar-refractivity contribution in [3.05, 3.63) is 0 Å². The molecule has 0 bridgehead atoms. The molecule has 0 aliphatic carbocycles. The highest BCUT2D eigenvalue weighted by atomic mass is 79.9. The minimum atomic E-state index is -1.95. The molecule has 2 N–H and O–H groups in total. The van der Waals surface area contributed by atoms with E-state index in [1.807, 2.05) is 0 Å². The Morgan fingerprint density at radius 3 is 0.877 bits per heavy atom. The predicted octanol–water partition coefficient (Wildman–Crippen LogP) is 3.87. The standard InChI is InChI=1S/C36H56Br4O17/c1-30(2,37)23(43)52-16-35(10,17-53-24(44)31(3,4)38)28(48)56-20-34(9,27(47)51-13-12-50-15-22(42)14-41)21-57-29(49)36(11,18-54-25(45)32(5,6)39)19-55-26(46)33(7,8)40/h22,41-42H,12-21H2,1-11H3. The van der Waals surface area contributed by atoms with E-state index in [1.165, 1.54) is 76.2 Å². The number of rotatable bonds is 25. The zero-order valence-electron chi connectivity index (χ0n) is 34.2. The number of hydrogen-bond donors (Lipinski definition) is 2. The van der Waals surface area contributed by atoms with Crippen molar-refractivity contribution in [2.45, 2.75) is 99.6 Å². The van der Waals surface area contributed by atoms with Gasteiger partial charge in [0.15, 0.2) is 0 Å². The summed E-state index contributed by atoms with van der Waals surface area (Å²) in [6.07, 6.45) is -1.17. The molecule has 17 nitrogen and oxygen atoms in total. The highest BCUT2D eigenvalue weighted by molar-refractivity contribution is 9.10. The number of hydrogen-bond acceptors (Lipinski definition) is 17. The third-order valence-corrected chi connectivity index (χ3v) is 8.83. The van der Waals surface area contributed by atoms with Gasteiger partial charge in [-0.3, -0.25) is 33.6 Å². The molecule has 0 amide bonds. The first-order valence-corrected chi connectivity index (χ1v) is 20.6. The SMILES string of the molecule is CC(C)(Br)C(=O)OCC(C)(COC(=O)C(C)(C)Br)C(=O)OCC(C)(COC(=O)C(C)(COC(=O)C(C)(C)Br)COC(=O)C(C)(C)Br)C(=O)OCCOCC(O)CO. The fraction of sp³-hybridized carbons (Fsp3) is 0.806. The van der Waals surface area contributed by atoms with Crippen LogP contribution in [0.15, 0.2) is 0 Å². The van der Waals surface area contributed by atoms with Crippen molar-refractivity contribution in [3.63, 3.8) is 0 Å². The number of ether oxygens (including phenoxy) is 8. The average Bonchev–Trinajstić information content (AvgIpc) is 3.09. The van der Waals surface area contributed by atoms with Crippen LogP contribution in [0, 0.1) is 16.2 Å². The Kier molecular flexibility index (Phi) is 21.9. The topological polar surface area (TPSA) is 234 Å². The molecule has 0 heterocycles. The number of aliphatic hydroxyl groups excluding tert-OH is 2. The average molecular weight is 1080 g/mol. The monoisotopic (exact) mass is 1080 g/mol. The van der Waals surface area contributed by atoms with Crippen LogP contribution in [0.2, 0.25) is 0 Å². The lowest BCUT2D eigenvalue weighted by atomic mass is 9.90. The van der Waals surface area contributed by atoms with Crippen LogP contribution in [0.25, 0.3) is 0 Å². The van der Waals surface area contributed by atoms with E-state index in [2.05, 4.69) is 63.7 Å². The van der Waals surface area contributed by atoms with Crippen LogP contribution in [0.1, 0.15) is 76.2 Å². The Balaban J connectivity index is 6.57. The van der Waals surface area contributed by atoms with Gasteiger partial charge in [-0.25, -0.2) is 0 Å². The molecule has 0 aromatic carbocycles. The van der Waals surface area contributed by atoms with Gasteiger partial charge < -0.3 is 48.1 Å². The van der Waals surface area contributed by atoms with Gasteiger partial charge in [0, 0.05) is 0 Å². The molecule has 0 saturated carbocycles. The van der Waals surface area contributed by atoms with Crippen LogP contribution in [-0.4, -0.2) is 141 Å². The number of esters is 7. The predicted molar refractivity (Wildman–Crippen MR) is 217 cm³/mol. The second-order valence-corrected chi connectivity index (χ2v) is 24.0. The van der Waals surface area contributed by atoms with Crippen LogP contribution in [0.5, 0.6) is 0 Å². The highest BCUT2D eigenvalue weighted by Crippen LogP contribution is 2.30. The molecule has 21 heteroatoms. The minimum Gasteiger partial charge on any atom is -0.464 e. The number of halogens is 4. The molecule has 1 unspecified atom stereocenters. The zero-order valence-corrected chi connectivity index (χ0v) is 40.5. The normalized spacial score (nSPS) is 13.5. The van der Waals surface area contributed by atoms with Gasteiger partial charge in [-0.05, 0) is 76.2 Å². The summed E-state index contributed by atoms with van der Waals surface area (Å²) in [7, 11) is 0. The second kappa shape index (κ2) is 22.6. The lowest BCUT2D eigenvalue weighted by molar-refractivity contribution is -0.182. The number of carbonyl (C=O) groups is 7. The van der Waals surface area contributed by atoms with Crippen LogP contribution in [0.3, 0.4) is 0 Å². The van der Waals surface area contributed by atoms with Crippen molar-refractivity contribution in [1.29, 1.82) is 0 Å². The molecule has 0 aromatic rings. The largest absolute Gasteiger partial charge is 0.464 e. The summed E-state index contributed by atoms with van der Waals surface area (Å²) in [5.41, 5.74) is -5.59. The molecule has 0 fully saturated rings. The Morgan fingerprint density at radius 2 is 0.649 bits per heavy atom. The van der Waals surface area contributed by atoms with E-state index in [4.69, 9.17) is 43.0 Å². The fourth-order valence-electron chi connectivity index (χ4n) is 3.50. The summed E-state index contributed by atoms with van der Waals surface area (Å²) < 4.78 is 38.5. The van der Waals surface area contributed by atoms with E-state index < -0.39 is 128 Å². The van der Waals surface area contributed by atoms with Gasteiger partial charge in [0.1, 0.15) is 85.9 Å². The van der Waals surface area contributed by atoms with Crippen molar-refractivity contribution in [1.82, 2.24) is 0 Å². The van der Waals surface area contributed by atoms with E-state index in [0.717, 1.165) is 0 Å². The molecule has 1 atom stereocenters. The van der Waals surface area contributed by atoms with Gasteiger partial charge >= 0.3 is 41.8 Å². The van der Waals surface area contributed by atoms with Crippen molar-refractivity contribution in [2.24, 2.45) is 16.2 Å². The molecule has 330 valence electrons. The van der Waals surface area contributed by atoms with Gasteiger partial charge in [-0.2, -0.15) is 0 Å². The molecule has 0 aliphatic rings. The maximum atomic E-state index is 13.8. The summed E-state index contributed by atoms with van der Waals surface area (Å²) >= 11 is 12.7. The maximum Gasteiger partial charge on any atom is 0.322 e. The van der Waals surface area contributed by atoms with Crippen LogP contribution >= 0.6 is 63.7 Å². The molecule has 57 heavy (non-hydrogen) atoms. The van der Waals surface area contributed by atoms with Crippen LogP contribution in [0.4, 0.5) is 0 Å². The van der Waals surface area contributed by atoms with Gasteiger partial charge in [0.2, 0.25) is 0 Å². The first-order chi connectivity index (χ1) is 25.6. The molecule has 0 aliphatic heterocycles. The van der Waals surface area contributed by atoms with E-state index >= 15 is 0 Å². The van der Waals surface area contributed by atoms with E-state index in [-0.39, 0.29) is 19.8 Å². The summed E-state index contributed by atoms with van der Waals surface area (Å²) in [6, 6.07) is 0. The van der Waals surface area contributed by atoms with Crippen molar-refractivity contribution >= 4 is 106 Å². The van der Waals surface area contributed by atoms with Crippen molar-refractivity contribution in [3.8, 4) is 0 Å². The van der Waals surface area contributed by atoms with Crippen molar-refractivity contribution in [2.75, 3.05) is 66.1 Å². The molecule has 0 spiro atoms. The molecular weight excluding hydrogens is 1020 g/mol. The first-order valence-electron chi connectivity index (χ1n) is 17.5. The van der Waals surface area contributed by atoms with Gasteiger partial charge in [0.05, 0.1) is 19.8 Å². The van der Waals surface area contributed by atoms with Gasteiger partial charge in [-0.15, -0.1) is 0 Å². The zero-order chi connectivity index (χ0) is 44.8. The molecule has 0 saturated heterocycles. The minimum absolute atomic E-state index is 0.219.